The number of fused-ring (bicyclic) bond motifs is 1. The van der Waals surface area contributed by atoms with Gasteiger partial charge in [-0.3, -0.25) is 4.79 Å². The first kappa shape index (κ1) is 22.8. The molecule has 0 aliphatic carbocycles. The van der Waals surface area contributed by atoms with E-state index in [0.717, 1.165) is 16.5 Å². The van der Waals surface area contributed by atoms with Crippen molar-refractivity contribution in [2.45, 2.75) is 25.5 Å². The van der Waals surface area contributed by atoms with E-state index in [0.29, 0.717) is 11.3 Å². The summed E-state index contributed by atoms with van der Waals surface area (Å²) in [5, 5.41) is 3.51. The number of amides is 1. The number of aromatic nitrogens is 1. The standard InChI is InChI=1S/C27H24N2O5/c1-18(25(30)19-10-4-2-5-11-19)33-26(31)24(29-27(32)34-21-12-6-3-7-13-21)16-20-17-28-23-15-9-8-14-22(20)23/h2-15,17-18,24,28H,16H2,1H3,(H,29,32)/t18-,24+/m1/s1. The summed E-state index contributed by atoms with van der Waals surface area (Å²) < 4.78 is 10.8. The lowest BCUT2D eigenvalue weighted by molar-refractivity contribution is -0.148. The zero-order valence-corrected chi connectivity index (χ0v) is 18.6. The molecular weight excluding hydrogens is 432 g/mol. The van der Waals surface area contributed by atoms with Gasteiger partial charge >= 0.3 is 12.1 Å². The minimum atomic E-state index is -1.07. The summed E-state index contributed by atoms with van der Waals surface area (Å²) in [7, 11) is 0. The molecule has 4 aromatic rings. The highest BCUT2D eigenvalue weighted by Crippen LogP contribution is 2.20. The Morgan fingerprint density at radius 1 is 0.882 bits per heavy atom. The van der Waals surface area contributed by atoms with E-state index in [2.05, 4.69) is 10.3 Å². The van der Waals surface area contributed by atoms with E-state index in [1.165, 1.54) is 6.92 Å². The summed E-state index contributed by atoms with van der Waals surface area (Å²) in [6.07, 6.45) is 0.120. The maximum atomic E-state index is 13.1. The molecule has 0 radical (unpaired) electrons. The monoisotopic (exact) mass is 456 g/mol. The van der Waals surface area contributed by atoms with Crippen LogP contribution in [0.5, 0.6) is 5.75 Å². The fourth-order valence-corrected chi connectivity index (χ4v) is 3.63. The SMILES string of the molecule is C[C@@H](OC(=O)[C@H](Cc1c[nH]c2ccccc12)NC(=O)Oc1ccccc1)C(=O)c1ccccc1. The summed E-state index contributed by atoms with van der Waals surface area (Å²) in [5.74, 6) is -0.717. The number of hydrogen-bond donors (Lipinski definition) is 2. The summed E-state index contributed by atoms with van der Waals surface area (Å²) in [5.41, 5.74) is 2.16. The Morgan fingerprint density at radius 3 is 2.26 bits per heavy atom. The van der Waals surface area contributed by atoms with Crippen LogP contribution in [0.25, 0.3) is 10.9 Å². The third-order valence-corrected chi connectivity index (χ3v) is 5.35. The van der Waals surface area contributed by atoms with Crippen LogP contribution < -0.4 is 10.1 Å². The number of para-hydroxylation sites is 2. The van der Waals surface area contributed by atoms with Gasteiger partial charge in [0.25, 0.3) is 0 Å². The van der Waals surface area contributed by atoms with Crippen LogP contribution in [-0.4, -0.2) is 35.0 Å². The second-order valence-corrected chi connectivity index (χ2v) is 7.77. The molecule has 0 aliphatic heterocycles. The first-order chi connectivity index (χ1) is 16.5. The van der Waals surface area contributed by atoms with Crippen LogP contribution in [0.1, 0.15) is 22.8 Å². The number of hydrogen-bond acceptors (Lipinski definition) is 5. The van der Waals surface area contributed by atoms with E-state index in [9.17, 15) is 14.4 Å². The lowest BCUT2D eigenvalue weighted by Crippen LogP contribution is -2.46. The molecule has 1 amide bonds. The average molecular weight is 456 g/mol. The number of aromatic amines is 1. The van der Waals surface area contributed by atoms with Crippen LogP contribution in [0.3, 0.4) is 0 Å². The van der Waals surface area contributed by atoms with Gasteiger partial charge in [-0.1, -0.05) is 66.7 Å². The van der Waals surface area contributed by atoms with Gasteiger partial charge in [-0.05, 0) is 30.7 Å². The fraction of sp³-hybridized carbons (Fsp3) is 0.148. The maximum absolute atomic E-state index is 13.1. The molecule has 34 heavy (non-hydrogen) atoms. The van der Waals surface area contributed by atoms with Crippen molar-refractivity contribution in [1.82, 2.24) is 10.3 Å². The van der Waals surface area contributed by atoms with Gasteiger partial charge in [0.1, 0.15) is 11.8 Å². The molecule has 3 aromatic carbocycles. The Morgan fingerprint density at radius 2 is 1.53 bits per heavy atom. The quantitative estimate of drug-likeness (QED) is 0.296. The molecule has 1 aromatic heterocycles. The lowest BCUT2D eigenvalue weighted by atomic mass is 10.0. The number of nitrogens with one attached hydrogen (secondary N) is 2. The highest BCUT2D eigenvalue weighted by atomic mass is 16.6. The molecular formula is C27H24N2O5. The summed E-state index contributed by atoms with van der Waals surface area (Å²) in [4.78, 5) is 41.4. The molecule has 0 saturated heterocycles. The summed E-state index contributed by atoms with van der Waals surface area (Å²) in [6.45, 7) is 1.51. The van der Waals surface area contributed by atoms with Crippen molar-refractivity contribution >= 4 is 28.7 Å². The number of rotatable bonds is 8. The third kappa shape index (κ3) is 5.50. The Labute approximate surface area is 196 Å². The van der Waals surface area contributed by atoms with E-state index in [1.54, 1.807) is 66.9 Å². The first-order valence-corrected chi connectivity index (χ1v) is 10.9. The number of benzene rings is 3. The smallest absolute Gasteiger partial charge is 0.413 e. The predicted molar refractivity (Wildman–Crippen MR) is 128 cm³/mol. The number of H-pyrrole nitrogens is 1. The van der Waals surface area contributed by atoms with Crippen molar-refractivity contribution in [3.8, 4) is 5.75 Å². The van der Waals surface area contributed by atoms with Gasteiger partial charge in [0, 0.05) is 29.1 Å². The number of ketones is 1. The van der Waals surface area contributed by atoms with Gasteiger partial charge in [-0.2, -0.15) is 0 Å². The zero-order valence-electron chi connectivity index (χ0n) is 18.6. The molecule has 0 aliphatic rings. The van der Waals surface area contributed by atoms with Gasteiger partial charge in [-0.25, -0.2) is 9.59 Å². The van der Waals surface area contributed by atoms with Crippen LogP contribution >= 0.6 is 0 Å². The number of carbonyl (C=O) groups excluding carboxylic acids is 3. The van der Waals surface area contributed by atoms with E-state index in [1.807, 2.05) is 24.3 Å². The Hall–Kier alpha value is -4.39. The normalized spacial score (nSPS) is 12.5. The van der Waals surface area contributed by atoms with Crippen molar-refractivity contribution in [3.63, 3.8) is 0 Å². The third-order valence-electron chi connectivity index (χ3n) is 5.35. The van der Waals surface area contributed by atoms with Crippen molar-refractivity contribution in [1.29, 1.82) is 0 Å². The first-order valence-electron chi connectivity index (χ1n) is 10.9. The van der Waals surface area contributed by atoms with E-state index in [4.69, 9.17) is 9.47 Å². The Kier molecular flexibility index (Phi) is 7.03. The fourth-order valence-electron chi connectivity index (χ4n) is 3.63. The average Bonchev–Trinajstić information content (AvgIpc) is 3.27. The van der Waals surface area contributed by atoms with Gasteiger partial charge in [0.15, 0.2) is 6.10 Å². The van der Waals surface area contributed by atoms with Crippen molar-refractivity contribution in [3.05, 3.63) is 102 Å². The molecule has 7 nitrogen and oxygen atoms in total. The maximum Gasteiger partial charge on any atom is 0.413 e. The number of carbonyl (C=O) groups is 3. The molecule has 2 N–H and O–H groups in total. The molecule has 4 rings (SSSR count). The minimum Gasteiger partial charge on any atom is -0.453 e. The van der Waals surface area contributed by atoms with E-state index in [-0.39, 0.29) is 12.2 Å². The minimum absolute atomic E-state index is 0.152. The van der Waals surface area contributed by atoms with Crippen LogP contribution in [0, 0.1) is 0 Å². The van der Waals surface area contributed by atoms with Gasteiger partial charge < -0.3 is 19.8 Å². The molecule has 0 fully saturated rings. The molecule has 0 spiro atoms. The second kappa shape index (κ2) is 10.5. The largest absolute Gasteiger partial charge is 0.453 e. The molecule has 0 bridgehead atoms. The van der Waals surface area contributed by atoms with E-state index < -0.39 is 24.2 Å². The van der Waals surface area contributed by atoms with Gasteiger partial charge in [-0.15, -0.1) is 0 Å². The van der Waals surface area contributed by atoms with Crippen molar-refractivity contribution in [2.24, 2.45) is 0 Å². The molecule has 172 valence electrons. The van der Waals surface area contributed by atoms with Crippen molar-refractivity contribution < 1.29 is 23.9 Å². The Balaban J connectivity index is 1.51. The molecule has 1 heterocycles. The highest BCUT2D eigenvalue weighted by molar-refractivity contribution is 6.00. The van der Waals surface area contributed by atoms with Crippen molar-refractivity contribution in [2.75, 3.05) is 0 Å². The predicted octanol–water partition coefficient (Wildman–Crippen LogP) is 4.68. The molecule has 0 unspecified atom stereocenters. The van der Waals surface area contributed by atoms with E-state index >= 15 is 0 Å². The summed E-state index contributed by atoms with van der Waals surface area (Å²) >= 11 is 0. The zero-order chi connectivity index (χ0) is 23.9. The van der Waals surface area contributed by atoms with Crippen LogP contribution in [0.2, 0.25) is 0 Å². The van der Waals surface area contributed by atoms with Gasteiger partial charge in [0.2, 0.25) is 5.78 Å². The van der Waals surface area contributed by atoms with Crippen LogP contribution in [0.4, 0.5) is 4.79 Å². The number of ether oxygens (including phenoxy) is 2. The Bertz CT molecular complexity index is 1280. The molecule has 7 heteroatoms. The highest BCUT2D eigenvalue weighted by Gasteiger charge is 2.28. The van der Waals surface area contributed by atoms with Crippen LogP contribution in [0.15, 0.2) is 91.1 Å². The molecule has 0 saturated carbocycles. The second-order valence-electron chi connectivity index (χ2n) is 7.77. The summed E-state index contributed by atoms with van der Waals surface area (Å²) in [6, 6.07) is 23.7. The van der Waals surface area contributed by atoms with Gasteiger partial charge in [0.05, 0.1) is 0 Å². The van der Waals surface area contributed by atoms with Crippen LogP contribution in [-0.2, 0) is 16.0 Å². The number of esters is 1. The number of Topliss-reactive ketones (excluding diaryl/α,β-unsaturated/α-hetero) is 1. The topological polar surface area (TPSA) is 97.5 Å². The molecule has 2 atom stereocenters. The lowest BCUT2D eigenvalue weighted by Gasteiger charge is -2.20.